The molecule has 4 rings (SSSR count). The molecule has 0 fully saturated rings. The first-order chi connectivity index (χ1) is 13.1. The normalized spacial score (nSPS) is 16.3. The van der Waals surface area contributed by atoms with Crippen LogP contribution < -0.4 is 4.74 Å². The third-order valence-corrected chi connectivity index (χ3v) is 5.35. The largest absolute Gasteiger partial charge is 0.497 e. The summed E-state index contributed by atoms with van der Waals surface area (Å²) in [5.41, 5.74) is 4.13. The number of aromatic amines is 1. The van der Waals surface area contributed by atoms with Gasteiger partial charge in [0.25, 0.3) is 0 Å². The lowest BCUT2D eigenvalue weighted by atomic mass is 9.92. The van der Waals surface area contributed by atoms with Gasteiger partial charge in [-0.2, -0.15) is 0 Å². The predicted molar refractivity (Wildman–Crippen MR) is 106 cm³/mol. The number of methoxy groups -OCH3 is 1. The van der Waals surface area contributed by atoms with Crippen LogP contribution >= 0.6 is 11.6 Å². The number of aromatic nitrogens is 1. The summed E-state index contributed by atoms with van der Waals surface area (Å²) >= 11 is 6.48. The lowest BCUT2D eigenvalue weighted by Crippen LogP contribution is -2.40. The summed E-state index contributed by atoms with van der Waals surface area (Å²) in [5.74, 6) is 0.775. The van der Waals surface area contributed by atoms with Crippen molar-refractivity contribution >= 4 is 28.6 Å². The summed E-state index contributed by atoms with van der Waals surface area (Å²) < 4.78 is 10.6. The van der Waals surface area contributed by atoms with E-state index < -0.39 is 0 Å². The van der Waals surface area contributed by atoms with Crippen molar-refractivity contribution in [3.63, 3.8) is 0 Å². The van der Waals surface area contributed by atoms with Gasteiger partial charge >= 0.3 is 6.09 Å². The molecule has 5 nitrogen and oxygen atoms in total. The van der Waals surface area contributed by atoms with Crippen molar-refractivity contribution < 1.29 is 14.3 Å². The Kier molecular flexibility index (Phi) is 4.70. The van der Waals surface area contributed by atoms with E-state index in [4.69, 9.17) is 21.1 Å². The highest BCUT2D eigenvalue weighted by Crippen LogP contribution is 2.41. The van der Waals surface area contributed by atoms with E-state index in [1.807, 2.05) is 49.4 Å². The number of H-pyrrole nitrogens is 1. The molecule has 1 unspecified atom stereocenters. The maximum absolute atomic E-state index is 12.6. The van der Waals surface area contributed by atoms with Crippen molar-refractivity contribution in [3.05, 3.63) is 64.3 Å². The van der Waals surface area contributed by atoms with Crippen molar-refractivity contribution in [2.75, 3.05) is 20.3 Å². The molecule has 1 N–H and O–H groups in total. The zero-order chi connectivity index (χ0) is 19.0. The Balaban J connectivity index is 1.87. The molecule has 6 heteroatoms. The fourth-order valence-electron chi connectivity index (χ4n) is 3.84. The van der Waals surface area contributed by atoms with Gasteiger partial charge in [-0.25, -0.2) is 4.79 Å². The van der Waals surface area contributed by atoms with E-state index in [0.717, 1.165) is 44.9 Å². The number of hydrogen-bond acceptors (Lipinski definition) is 3. The van der Waals surface area contributed by atoms with Crippen LogP contribution in [0.15, 0.2) is 42.5 Å². The molecule has 1 aliphatic rings. The predicted octanol–water partition coefficient (Wildman–Crippen LogP) is 4.93. The number of hydrogen-bond donors (Lipinski definition) is 1. The molecule has 0 radical (unpaired) electrons. The minimum atomic E-state index is -0.311. The SMILES string of the molecule is CCOC(=O)N1CCc2c([nH]c3cccc(Cl)c23)C1c1ccc(OC)cc1. The first kappa shape index (κ1) is 17.7. The first-order valence-corrected chi connectivity index (χ1v) is 9.38. The average Bonchev–Trinajstić information content (AvgIpc) is 3.07. The maximum Gasteiger partial charge on any atom is 0.410 e. The van der Waals surface area contributed by atoms with Gasteiger partial charge in [0, 0.05) is 23.1 Å². The second kappa shape index (κ2) is 7.16. The summed E-state index contributed by atoms with van der Waals surface area (Å²) in [6.07, 6.45) is 0.415. The second-order valence-electron chi connectivity index (χ2n) is 6.50. The van der Waals surface area contributed by atoms with Crippen molar-refractivity contribution in [1.82, 2.24) is 9.88 Å². The fraction of sp³-hybridized carbons (Fsp3) is 0.286. The van der Waals surface area contributed by atoms with E-state index in [1.165, 1.54) is 0 Å². The number of carbonyl (C=O) groups is 1. The van der Waals surface area contributed by atoms with E-state index in [2.05, 4.69) is 4.98 Å². The Labute approximate surface area is 162 Å². The maximum atomic E-state index is 12.6. The summed E-state index contributed by atoms with van der Waals surface area (Å²) in [5, 5.41) is 1.76. The fourth-order valence-corrected chi connectivity index (χ4v) is 4.12. The third-order valence-electron chi connectivity index (χ3n) is 5.03. The van der Waals surface area contributed by atoms with Crippen molar-refractivity contribution in [1.29, 1.82) is 0 Å². The molecular formula is C21H21ClN2O3. The molecule has 0 saturated carbocycles. The van der Waals surface area contributed by atoms with E-state index in [1.54, 1.807) is 12.0 Å². The minimum Gasteiger partial charge on any atom is -0.497 e. The summed E-state index contributed by atoms with van der Waals surface area (Å²) in [6, 6.07) is 13.4. The van der Waals surface area contributed by atoms with Gasteiger partial charge in [0.15, 0.2) is 0 Å². The lowest BCUT2D eigenvalue weighted by molar-refractivity contribution is 0.0932. The highest BCUT2D eigenvalue weighted by Gasteiger charge is 2.35. The number of carbonyl (C=O) groups excluding carboxylic acids is 1. The van der Waals surface area contributed by atoms with E-state index >= 15 is 0 Å². The lowest BCUT2D eigenvalue weighted by Gasteiger charge is -2.35. The van der Waals surface area contributed by atoms with Gasteiger partial charge in [-0.3, -0.25) is 4.90 Å². The zero-order valence-electron chi connectivity index (χ0n) is 15.3. The van der Waals surface area contributed by atoms with Crippen LogP contribution in [-0.4, -0.2) is 36.2 Å². The number of rotatable bonds is 3. The van der Waals surface area contributed by atoms with Crippen LogP contribution in [0.4, 0.5) is 4.79 Å². The summed E-state index contributed by atoms with van der Waals surface area (Å²) in [4.78, 5) is 17.9. The molecule has 0 aliphatic carbocycles. The molecular weight excluding hydrogens is 364 g/mol. The number of halogens is 1. The van der Waals surface area contributed by atoms with Crippen molar-refractivity contribution in [2.45, 2.75) is 19.4 Å². The molecule has 1 aliphatic heterocycles. The molecule has 1 amide bonds. The van der Waals surface area contributed by atoms with E-state index in [9.17, 15) is 4.79 Å². The van der Waals surface area contributed by atoms with Gasteiger partial charge in [0.2, 0.25) is 0 Å². The zero-order valence-corrected chi connectivity index (χ0v) is 16.0. The number of benzene rings is 2. The number of nitrogens with one attached hydrogen (secondary N) is 1. The number of fused-ring (bicyclic) bond motifs is 3. The van der Waals surface area contributed by atoms with Crippen LogP contribution in [0.3, 0.4) is 0 Å². The Morgan fingerprint density at radius 1 is 1.26 bits per heavy atom. The molecule has 0 saturated heterocycles. The van der Waals surface area contributed by atoms with Crippen LogP contribution in [0, 0.1) is 0 Å². The molecule has 1 aromatic heterocycles. The van der Waals surface area contributed by atoms with Gasteiger partial charge in [-0.05, 0) is 48.7 Å². The van der Waals surface area contributed by atoms with Crippen LogP contribution in [-0.2, 0) is 11.2 Å². The number of nitrogens with zero attached hydrogens (tertiary/aromatic N) is 1. The van der Waals surface area contributed by atoms with E-state index in [-0.39, 0.29) is 12.1 Å². The summed E-state index contributed by atoms with van der Waals surface area (Å²) in [7, 11) is 1.64. The Morgan fingerprint density at radius 2 is 2.04 bits per heavy atom. The highest BCUT2D eigenvalue weighted by atomic mass is 35.5. The minimum absolute atomic E-state index is 0.262. The second-order valence-corrected chi connectivity index (χ2v) is 6.90. The van der Waals surface area contributed by atoms with Gasteiger partial charge < -0.3 is 14.5 Å². The molecule has 0 spiro atoms. The van der Waals surface area contributed by atoms with E-state index in [0.29, 0.717) is 13.2 Å². The van der Waals surface area contributed by atoms with Gasteiger partial charge in [-0.1, -0.05) is 29.8 Å². The smallest absolute Gasteiger partial charge is 0.410 e. The quantitative estimate of drug-likeness (QED) is 0.696. The van der Waals surface area contributed by atoms with Crippen LogP contribution in [0.5, 0.6) is 5.75 Å². The van der Waals surface area contributed by atoms with Crippen LogP contribution in [0.25, 0.3) is 10.9 Å². The molecule has 1 atom stereocenters. The molecule has 140 valence electrons. The third kappa shape index (κ3) is 3.02. The monoisotopic (exact) mass is 384 g/mol. The average molecular weight is 385 g/mol. The first-order valence-electron chi connectivity index (χ1n) is 9.00. The molecule has 2 heterocycles. The van der Waals surface area contributed by atoms with Gasteiger partial charge in [0.05, 0.1) is 18.7 Å². The van der Waals surface area contributed by atoms with Crippen molar-refractivity contribution in [2.24, 2.45) is 0 Å². The standard InChI is InChI=1S/C21H21ClN2O3/c1-3-27-21(25)24-12-11-15-18-16(22)5-4-6-17(18)23-19(15)20(24)13-7-9-14(26-2)10-8-13/h4-10,20,23H,3,11-12H2,1-2H3. The van der Waals surface area contributed by atoms with Gasteiger partial charge in [0.1, 0.15) is 11.8 Å². The molecule has 3 aromatic rings. The van der Waals surface area contributed by atoms with Crippen LogP contribution in [0.2, 0.25) is 5.02 Å². The van der Waals surface area contributed by atoms with Crippen molar-refractivity contribution in [3.8, 4) is 5.75 Å². The van der Waals surface area contributed by atoms with Gasteiger partial charge in [-0.15, -0.1) is 0 Å². The van der Waals surface area contributed by atoms with Crippen LogP contribution in [0.1, 0.15) is 29.8 Å². The highest BCUT2D eigenvalue weighted by molar-refractivity contribution is 6.35. The molecule has 2 aromatic carbocycles. The molecule has 27 heavy (non-hydrogen) atoms. The Bertz CT molecular complexity index is 981. The topological polar surface area (TPSA) is 54.6 Å². The Morgan fingerprint density at radius 3 is 2.74 bits per heavy atom. The summed E-state index contributed by atoms with van der Waals surface area (Å²) in [6.45, 7) is 2.73. The number of ether oxygens (including phenoxy) is 2. The molecule has 0 bridgehead atoms. The number of amides is 1. The Hall–Kier alpha value is -2.66.